The predicted octanol–water partition coefficient (Wildman–Crippen LogP) is -0.157. The highest BCUT2D eigenvalue weighted by molar-refractivity contribution is 5.83. The molecule has 0 spiro atoms. The Morgan fingerprint density at radius 2 is 2.00 bits per heavy atom. The Morgan fingerprint density at radius 3 is 2.72 bits per heavy atom. The standard InChI is InChI=1S/C21H27N7O4/c1-3-23-19(31)16-14(29)15(30)20(32-16)28-11-24-13-17(22)25-21(26-18(13)28)27(2)10-9-12-7-5-4-6-8-12/h4-8,11,14-16,20,29-30H,3,9-10H2,1-2H3,(H,23,31)(H2,22,25,26)/t14-,15+,16-,20+/m0/s1. The molecule has 3 aromatic rings. The summed E-state index contributed by atoms with van der Waals surface area (Å²) < 4.78 is 7.16. The van der Waals surface area contributed by atoms with E-state index in [0.29, 0.717) is 30.2 Å². The first-order chi connectivity index (χ1) is 15.4. The number of nitrogen functional groups attached to an aromatic ring is 1. The normalized spacial score (nSPS) is 22.9. The lowest BCUT2D eigenvalue weighted by molar-refractivity contribution is -0.137. The summed E-state index contributed by atoms with van der Waals surface area (Å²) in [6, 6.07) is 10.1. The molecular formula is C21H27N7O4. The molecule has 5 N–H and O–H groups in total. The van der Waals surface area contributed by atoms with E-state index >= 15 is 0 Å². The highest BCUT2D eigenvalue weighted by Crippen LogP contribution is 2.32. The Hall–Kier alpha value is -3.28. The number of nitrogens with zero attached hydrogens (tertiary/aromatic N) is 5. The average molecular weight is 441 g/mol. The highest BCUT2D eigenvalue weighted by Gasteiger charge is 2.47. The summed E-state index contributed by atoms with van der Waals surface area (Å²) in [5, 5.41) is 23.5. The van der Waals surface area contributed by atoms with Crippen molar-refractivity contribution in [1.82, 2.24) is 24.8 Å². The van der Waals surface area contributed by atoms with Crippen molar-refractivity contribution in [3.63, 3.8) is 0 Å². The minimum Gasteiger partial charge on any atom is -0.387 e. The quantitative estimate of drug-likeness (QED) is 0.392. The predicted molar refractivity (Wildman–Crippen MR) is 118 cm³/mol. The molecule has 4 rings (SSSR count). The molecule has 0 bridgehead atoms. The molecule has 0 radical (unpaired) electrons. The van der Waals surface area contributed by atoms with Crippen molar-refractivity contribution in [1.29, 1.82) is 0 Å². The molecule has 1 amide bonds. The number of ether oxygens (including phenoxy) is 1. The van der Waals surface area contributed by atoms with Crippen molar-refractivity contribution in [2.45, 2.75) is 37.9 Å². The van der Waals surface area contributed by atoms with E-state index in [1.165, 1.54) is 16.5 Å². The Kier molecular flexibility index (Phi) is 6.21. The van der Waals surface area contributed by atoms with E-state index in [9.17, 15) is 15.0 Å². The lowest BCUT2D eigenvalue weighted by Gasteiger charge is -2.19. The molecule has 3 heterocycles. The van der Waals surface area contributed by atoms with Gasteiger partial charge in [-0.05, 0) is 18.9 Å². The summed E-state index contributed by atoms with van der Waals surface area (Å²) in [5.41, 5.74) is 7.99. The van der Waals surface area contributed by atoms with Crippen LogP contribution < -0.4 is 16.0 Å². The molecule has 0 saturated carbocycles. The molecule has 0 unspecified atom stereocenters. The number of nitrogens with one attached hydrogen (secondary N) is 1. The van der Waals surface area contributed by atoms with Gasteiger partial charge in [-0.2, -0.15) is 9.97 Å². The SMILES string of the molecule is CCNC(=O)[C@H]1O[C@@H](n2cnc3c(N)nc(N(C)CCc4ccccc4)nc32)[C@H](O)[C@@H]1O. The molecule has 1 aromatic carbocycles. The van der Waals surface area contributed by atoms with Gasteiger partial charge in [-0.1, -0.05) is 30.3 Å². The Morgan fingerprint density at radius 1 is 1.25 bits per heavy atom. The lowest BCUT2D eigenvalue weighted by atomic mass is 10.1. The second kappa shape index (κ2) is 9.07. The number of imidazole rings is 1. The van der Waals surface area contributed by atoms with E-state index in [1.807, 2.05) is 30.1 Å². The maximum Gasteiger partial charge on any atom is 0.252 e. The summed E-state index contributed by atoms with van der Waals surface area (Å²) >= 11 is 0. The number of hydrogen-bond donors (Lipinski definition) is 4. The van der Waals surface area contributed by atoms with Gasteiger partial charge in [0.2, 0.25) is 5.95 Å². The van der Waals surface area contributed by atoms with Gasteiger partial charge in [0.05, 0.1) is 6.33 Å². The summed E-state index contributed by atoms with van der Waals surface area (Å²) in [6.45, 7) is 2.79. The number of aliphatic hydroxyl groups excluding tert-OH is 2. The van der Waals surface area contributed by atoms with Crippen LogP contribution in [0.4, 0.5) is 11.8 Å². The molecule has 2 aromatic heterocycles. The number of likely N-dealkylation sites (N-methyl/N-ethyl adjacent to an activating group) is 2. The van der Waals surface area contributed by atoms with E-state index in [4.69, 9.17) is 10.5 Å². The molecule has 0 aliphatic carbocycles. The van der Waals surface area contributed by atoms with Crippen molar-refractivity contribution in [2.24, 2.45) is 0 Å². The van der Waals surface area contributed by atoms with Gasteiger partial charge >= 0.3 is 0 Å². The molecule has 1 aliphatic rings. The van der Waals surface area contributed by atoms with Crippen LogP contribution in [0.3, 0.4) is 0 Å². The van der Waals surface area contributed by atoms with Crippen LogP contribution in [0.1, 0.15) is 18.7 Å². The van der Waals surface area contributed by atoms with Crippen LogP contribution in [0.15, 0.2) is 36.7 Å². The second-order valence-corrected chi connectivity index (χ2v) is 7.71. The number of nitrogens with two attached hydrogens (primary N) is 1. The number of hydrogen-bond acceptors (Lipinski definition) is 9. The molecule has 4 atom stereocenters. The summed E-state index contributed by atoms with van der Waals surface area (Å²) in [6.07, 6.45) is -2.81. The van der Waals surface area contributed by atoms with Crippen molar-refractivity contribution >= 4 is 28.8 Å². The van der Waals surface area contributed by atoms with Crippen LogP contribution in [0.5, 0.6) is 0 Å². The van der Waals surface area contributed by atoms with Crippen molar-refractivity contribution in [2.75, 3.05) is 30.8 Å². The number of aliphatic hydroxyl groups is 2. The van der Waals surface area contributed by atoms with E-state index in [0.717, 1.165) is 6.42 Å². The maximum atomic E-state index is 12.2. The van der Waals surface area contributed by atoms with Gasteiger partial charge in [-0.3, -0.25) is 9.36 Å². The molecule has 1 saturated heterocycles. The fraction of sp³-hybridized carbons (Fsp3) is 0.429. The van der Waals surface area contributed by atoms with E-state index in [1.54, 1.807) is 6.92 Å². The van der Waals surface area contributed by atoms with Crippen LogP contribution in [0.2, 0.25) is 0 Å². The first kappa shape index (κ1) is 21.9. The Bertz CT molecular complexity index is 1090. The number of amides is 1. The largest absolute Gasteiger partial charge is 0.387 e. The molecule has 170 valence electrons. The number of rotatable bonds is 7. The average Bonchev–Trinajstić information content (AvgIpc) is 3.34. The maximum absolute atomic E-state index is 12.2. The van der Waals surface area contributed by atoms with Gasteiger partial charge in [0.15, 0.2) is 23.8 Å². The summed E-state index contributed by atoms with van der Waals surface area (Å²) in [7, 11) is 1.86. The van der Waals surface area contributed by atoms with Crippen LogP contribution in [-0.2, 0) is 16.0 Å². The minimum absolute atomic E-state index is 0.184. The number of benzene rings is 1. The van der Waals surface area contributed by atoms with Crippen molar-refractivity contribution in [3.8, 4) is 0 Å². The molecule has 1 fully saturated rings. The third kappa shape index (κ3) is 4.09. The van der Waals surface area contributed by atoms with Gasteiger partial charge in [0, 0.05) is 20.1 Å². The van der Waals surface area contributed by atoms with Crippen LogP contribution in [0.25, 0.3) is 11.2 Å². The smallest absolute Gasteiger partial charge is 0.252 e. The summed E-state index contributed by atoms with van der Waals surface area (Å²) in [5.74, 6) is 0.0751. The second-order valence-electron chi connectivity index (χ2n) is 7.71. The van der Waals surface area contributed by atoms with Crippen LogP contribution in [0, 0.1) is 0 Å². The zero-order chi connectivity index (χ0) is 22.8. The van der Waals surface area contributed by atoms with Gasteiger partial charge in [0.1, 0.15) is 17.7 Å². The zero-order valence-electron chi connectivity index (χ0n) is 17.9. The number of carbonyl (C=O) groups is 1. The molecular weight excluding hydrogens is 414 g/mol. The molecule has 1 aliphatic heterocycles. The van der Waals surface area contributed by atoms with E-state index in [-0.39, 0.29) is 5.82 Å². The first-order valence-electron chi connectivity index (χ1n) is 10.4. The van der Waals surface area contributed by atoms with Gasteiger partial charge in [-0.25, -0.2) is 4.98 Å². The number of carbonyl (C=O) groups excluding carboxylic acids is 1. The van der Waals surface area contributed by atoms with Crippen LogP contribution >= 0.6 is 0 Å². The number of fused-ring (bicyclic) bond motifs is 1. The number of aromatic nitrogens is 4. The first-order valence-corrected chi connectivity index (χ1v) is 10.4. The third-order valence-electron chi connectivity index (χ3n) is 5.48. The van der Waals surface area contributed by atoms with Crippen molar-refractivity contribution in [3.05, 3.63) is 42.2 Å². The van der Waals surface area contributed by atoms with Gasteiger partial charge < -0.3 is 30.9 Å². The molecule has 32 heavy (non-hydrogen) atoms. The fourth-order valence-electron chi connectivity index (χ4n) is 3.71. The molecule has 11 heteroatoms. The van der Waals surface area contributed by atoms with E-state index in [2.05, 4.69) is 32.4 Å². The molecule has 11 nitrogen and oxygen atoms in total. The monoisotopic (exact) mass is 441 g/mol. The highest BCUT2D eigenvalue weighted by atomic mass is 16.6. The topological polar surface area (TPSA) is 152 Å². The summed E-state index contributed by atoms with van der Waals surface area (Å²) in [4.78, 5) is 27.2. The third-order valence-corrected chi connectivity index (χ3v) is 5.48. The van der Waals surface area contributed by atoms with Gasteiger partial charge in [-0.15, -0.1) is 0 Å². The van der Waals surface area contributed by atoms with E-state index < -0.39 is 30.4 Å². The lowest BCUT2D eigenvalue weighted by Crippen LogP contribution is -2.42. The fourth-order valence-corrected chi connectivity index (χ4v) is 3.71. The Labute approximate surface area is 184 Å². The number of anilines is 2. The van der Waals surface area contributed by atoms with Crippen LogP contribution in [-0.4, -0.2) is 74.1 Å². The Balaban J connectivity index is 1.60. The van der Waals surface area contributed by atoms with Gasteiger partial charge in [0.25, 0.3) is 5.91 Å². The zero-order valence-corrected chi connectivity index (χ0v) is 17.9. The van der Waals surface area contributed by atoms with Crippen molar-refractivity contribution < 1.29 is 19.7 Å². The minimum atomic E-state index is -1.39.